The van der Waals surface area contributed by atoms with Gasteiger partial charge in [0.25, 0.3) is 0 Å². The molecule has 0 spiro atoms. The normalized spacial score (nSPS) is 44.2. The molecule has 5 atom stereocenters. The van der Waals surface area contributed by atoms with Crippen molar-refractivity contribution in [1.29, 1.82) is 0 Å². The first-order valence-electron chi connectivity index (χ1n) is 6.56. The van der Waals surface area contributed by atoms with Crippen molar-refractivity contribution in [2.45, 2.75) is 37.6 Å². The maximum atomic E-state index is 12.0. The van der Waals surface area contributed by atoms with Crippen molar-refractivity contribution in [2.75, 3.05) is 19.6 Å². The largest absolute Gasteiger partial charge is 0.391 e. The van der Waals surface area contributed by atoms with Crippen LogP contribution in [0.15, 0.2) is 0 Å². The van der Waals surface area contributed by atoms with E-state index in [1.165, 1.54) is 0 Å². The number of aliphatic hydroxyl groups is 1. The Kier molecular flexibility index (Phi) is 3.06. The van der Waals surface area contributed by atoms with Crippen molar-refractivity contribution in [3.63, 3.8) is 0 Å². The van der Waals surface area contributed by atoms with E-state index in [0.717, 1.165) is 25.8 Å². The van der Waals surface area contributed by atoms with Crippen molar-refractivity contribution in [3.8, 4) is 0 Å². The first-order chi connectivity index (χ1) is 8.24. The van der Waals surface area contributed by atoms with Crippen LogP contribution in [0.2, 0.25) is 0 Å². The number of ether oxygens (including phenoxy) is 1. The summed E-state index contributed by atoms with van der Waals surface area (Å²) in [6, 6.07) is 0. The molecule has 5 heteroatoms. The van der Waals surface area contributed by atoms with E-state index in [1.807, 2.05) is 0 Å². The lowest BCUT2D eigenvalue weighted by molar-refractivity contribution is -0.126. The molecule has 0 aliphatic carbocycles. The van der Waals surface area contributed by atoms with E-state index in [-0.39, 0.29) is 30.0 Å². The lowest BCUT2D eigenvalue weighted by atomic mass is 9.88. The Hall–Kier alpha value is -0.650. The molecular weight excluding hydrogens is 220 g/mol. The van der Waals surface area contributed by atoms with E-state index in [9.17, 15) is 9.90 Å². The number of carbonyl (C=O) groups is 1. The number of rotatable bonds is 3. The molecule has 0 saturated carbocycles. The Morgan fingerprint density at radius 1 is 1.41 bits per heavy atom. The van der Waals surface area contributed by atoms with Crippen LogP contribution in [-0.4, -0.2) is 49.0 Å². The fraction of sp³-hybridized carbons (Fsp3) is 0.917. The van der Waals surface area contributed by atoms with Gasteiger partial charge in [-0.1, -0.05) is 0 Å². The molecule has 5 unspecified atom stereocenters. The molecule has 0 radical (unpaired) electrons. The van der Waals surface area contributed by atoms with Crippen LogP contribution < -0.4 is 10.6 Å². The third-order valence-corrected chi connectivity index (χ3v) is 4.29. The van der Waals surface area contributed by atoms with Crippen LogP contribution in [0.5, 0.6) is 0 Å². The summed E-state index contributed by atoms with van der Waals surface area (Å²) < 4.78 is 5.68. The molecule has 96 valence electrons. The highest BCUT2D eigenvalue weighted by Crippen LogP contribution is 2.38. The first kappa shape index (κ1) is 11.4. The maximum absolute atomic E-state index is 12.0. The molecule has 17 heavy (non-hydrogen) atoms. The van der Waals surface area contributed by atoms with Gasteiger partial charge in [0, 0.05) is 25.6 Å². The zero-order valence-corrected chi connectivity index (χ0v) is 9.89. The van der Waals surface area contributed by atoms with E-state index in [1.54, 1.807) is 0 Å². The summed E-state index contributed by atoms with van der Waals surface area (Å²) in [5, 5.41) is 15.7. The van der Waals surface area contributed by atoms with Crippen LogP contribution in [0, 0.1) is 11.8 Å². The number of nitrogens with one attached hydrogen (secondary N) is 2. The van der Waals surface area contributed by atoms with Gasteiger partial charge in [-0.25, -0.2) is 0 Å². The summed E-state index contributed by atoms with van der Waals surface area (Å²) in [6.07, 6.45) is 3.14. The van der Waals surface area contributed by atoms with Gasteiger partial charge < -0.3 is 20.5 Å². The molecule has 0 aromatic heterocycles. The average molecular weight is 240 g/mol. The Balaban J connectivity index is 1.47. The van der Waals surface area contributed by atoms with Gasteiger partial charge in [-0.3, -0.25) is 4.79 Å². The Morgan fingerprint density at radius 3 is 2.88 bits per heavy atom. The minimum atomic E-state index is -0.327. The molecule has 0 aromatic rings. The van der Waals surface area contributed by atoms with Gasteiger partial charge in [-0.15, -0.1) is 0 Å². The van der Waals surface area contributed by atoms with Crippen LogP contribution in [0.25, 0.3) is 0 Å². The number of carbonyl (C=O) groups excluding carboxylic acids is 1. The van der Waals surface area contributed by atoms with Gasteiger partial charge >= 0.3 is 0 Å². The van der Waals surface area contributed by atoms with E-state index < -0.39 is 0 Å². The fourth-order valence-electron chi connectivity index (χ4n) is 3.20. The van der Waals surface area contributed by atoms with Gasteiger partial charge in [0.05, 0.1) is 24.2 Å². The van der Waals surface area contributed by atoms with E-state index in [4.69, 9.17) is 4.74 Å². The third-order valence-electron chi connectivity index (χ3n) is 4.29. The monoisotopic (exact) mass is 240 g/mol. The summed E-state index contributed by atoms with van der Waals surface area (Å²) >= 11 is 0. The number of hydrogen-bond acceptors (Lipinski definition) is 4. The minimum absolute atomic E-state index is 0.0419. The molecule has 5 nitrogen and oxygen atoms in total. The van der Waals surface area contributed by atoms with Crippen molar-refractivity contribution in [1.82, 2.24) is 10.6 Å². The second-order valence-corrected chi connectivity index (χ2v) is 5.45. The number of β-amino-alcohol motifs (C(OH)–C–C–N with tert-alkyl or cyclic N) is 1. The van der Waals surface area contributed by atoms with Gasteiger partial charge in [-0.2, -0.15) is 0 Å². The molecule has 2 bridgehead atoms. The van der Waals surface area contributed by atoms with Crippen molar-refractivity contribution < 1.29 is 14.6 Å². The molecule has 0 aromatic carbocycles. The van der Waals surface area contributed by atoms with Crippen LogP contribution in [0.3, 0.4) is 0 Å². The van der Waals surface area contributed by atoms with Crippen LogP contribution >= 0.6 is 0 Å². The molecule has 3 aliphatic heterocycles. The first-order valence-corrected chi connectivity index (χ1v) is 6.56. The summed E-state index contributed by atoms with van der Waals surface area (Å²) in [5.41, 5.74) is 0. The fourth-order valence-corrected chi connectivity index (χ4v) is 3.20. The second-order valence-electron chi connectivity index (χ2n) is 5.45. The average Bonchev–Trinajstić information content (AvgIpc) is 3.01. The molecule has 1 amide bonds. The number of aliphatic hydroxyl groups excluding tert-OH is 1. The topological polar surface area (TPSA) is 70.6 Å². The molecule has 3 saturated heterocycles. The number of hydrogen-bond donors (Lipinski definition) is 3. The molecule has 3 heterocycles. The lowest BCUT2D eigenvalue weighted by Crippen LogP contribution is -2.40. The van der Waals surface area contributed by atoms with Gasteiger partial charge in [0.2, 0.25) is 5.91 Å². The number of amides is 1. The van der Waals surface area contributed by atoms with E-state index in [0.29, 0.717) is 19.2 Å². The minimum Gasteiger partial charge on any atom is -0.391 e. The van der Waals surface area contributed by atoms with Crippen molar-refractivity contribution >= 4 is 5.91 Å². The maximum Gasteiger partial charge on any atom is 0.225 e. The summed E-state index contributed by atoms with van der Waals surface area (Å²) in [6.45, 7) is 1.99. The number of fused-ring (bicyclic) bond motifs is 2. The second kappa shape index (κ2) is 4.55. The van der Waals surface area contributed by atoms with E-state index >= 15 is 0 Å². The van der Waals surface area contributed by atoms with Crippen LogP contribution in [0.4, 0.5) is 0 Å². The highest BCUT2D eigenvalue weighted by Gasteiger charge is 2.44. The molecule has 3 rings (SSSR count). The van der Waals surface area contributed by atoms with E-state index in [2.05, 4.69) is 10.6 Å². The predicted molar refractivity (Wildman–Crippen MR) is 61.4 cm³/mol. The zero-order chi connectivity index (χ0) is 11.8. The molecule has 3 N–H and O–H groups in total. The summed E-state index contributed by atoms with van der Waals surface area (Å²) in [4.78, 5) is 12.0. The smallest absolute Gasteiger partial charge is 0.225 e. The highest BCUT2D eigenvalue weighted by atomic mass is 16.5. The standard InChI is InChI=1S/C12H20N2O3/c15-10-6-13-4-7(10)5-14-12(16)9-3-8-1-2-11(9)17-8/h7-11,13,15H,1-6H2,(H,14,16). The zero-order valence-electron chi connectivity index (χ0n) is 9.89. The lowest BCUT2D eigenvalue weighted by Gasteiger charge is -2.20. The highest BCUT2D eigenvalue weighted by molar-refractivity contribution is 5.79. The van der Waals surface area contributed by atoms with Crippen molar-refractivity contribution in [3.05, 3.63) is 0 Å². The Morgan fingerprint density at radius 2 is 2.29 bits per heavy atom. The third kappa shape index (κ3) is 2.19. The van der Waals surface area contributed by atoms with Gasteiger partial charge in [-0.05, 0) is 19.3 Å². The predicted octanol–water partition coefficient (Wildman–Crippen LogP) is -0.750. The van der Waals surface area contributed by atoms with Crippen LogP contribution in [-0.2, 0) is 9.53 Å². The Labute approximate surface area is 101 Å². The molecule has 3 aliphatic rings. The summed E-state index contributed by atoms with van der Waals surface area (Å²) in [7, 11) is 0. The Bertz CT molecular complexity index is 310. The van der Waals surface area contributed by atoms with Gasteiger partial charge in [0.1, 0.15) is 0 Å². The van der Waals surface area contributed by atoms with Crippen LogP contribution in [0.1, 0.15) is 19.3 Å². The molecular formula is C12H20N2O3. The SMILES string of the molecule is O=C(NCC1CNCC1O)C1CC2CCC1O2. The van der Waals surface area contributed by atoms with Gasteiger partial charge in [0.15, 0.2) is 0 Å². The summed E-state index contributed by atoms with van der Waals surface area (Å²) in [5.74, 6) is 0.301. The quantitative estimate of drug-likeness (QED) is 0.607. The van der Waals surface area contributed by atoms with Crippen molar-refractivity contribution in [2.24, 2.45) is 11.8 Å². The molecule has 3 fully saturated rings.